The highest BCUT2D eigenvalue weighted by Crippen LogP contribution is 2.32. The van der Waals surface area contributed by atoms with Gasteiger partial charge in [-0.1, -0.05) is 19.1 Å². The molecule has 1 aliphatic rings. The minimum atomic E-state index is -0.497. The van der Waals surface area contributed by atoms with Gasteiger partial charge in [-0.3, -0.25) is 14.8 Å². The third-order valence-corrected chi connectivity index (χ3v) is 3.44. The van der Waals surface area contributed by atoms with E-state index < -0.39 is 5.54 Å². The predicted molar refractivity (Wildman–Crippen MR) is 71.3 cm³/mol. The van der Waals surface area contributed by atoms with Crippen LogP contribution in [0.4, 0.5) is 0 Å². The Morgan fingerprint density at radius 3 is 2.83 bits per heavy atom. The van der Waals surface area contributed by atoms with Gasteiger partial charge in [0.1, 0.15) is 0 Å². The molecule has 2 rings (SSSR count). The fourth-order valence-corrected chi connectivity index (χ4v) is 2.35. The number of amides is 1. The lowest BCUT2D eigenvalue weighted by molar-refractivity contribution is -0.123. The first-order valence-electron chi connectivity index (χ1n) is 6.10. The lowest BCUT2D eigenvalue weighted by Crippen LogP contribution is -2.42. The molecule has 1 aromatic heterocycles. The number of nitrogens with two attached hydrogens (primary N) is 1. The maximum absolute atomic E-state index is 11.7. The molecule has 4 heteroatoms. The molecular formula is C14H17N3O. The number of allylic oxidation sites excluding steroid dienone is 1. The van der Waals surface area contributed by atoms with E-state index in [0.29, 0.717) is 6.42 Å². The Hall–Kier alpha value is -1.97. The number of carbonyl (C=O) groups is 1. The van der Waals surface area contributed by atoms with Crippen LogP contribution in [0, 0.1) is 5.92 Å². The topological polar surface area (TPSA) is 68.3 Å². The summed E-state index contributed by atoms with van der Waals surface area (Å²) in [5.41, 5.74) is 5.92. The molecule has 0 aromatic carbocycles. The third-order valence-electron chi connectivity index (χ3n) is 3.44. The summed E-state index contributed by atoms with van der Waals surface area (Å²) in [5.74, 6) is -0.682. The number of rotatable bonds is 5. The molecule has 2 heterocycles. The molecule has 2 unspecified atom stereocenters. The average molecular weight is 243 g/mol. The number of aliphatic imine (C=N–C) groups is 1. The lowest BCUT2D eigenvalue weighted by Gasteiger charge is -2.30. The molecule has 4 nitrogen and oxygen atoms in total. The summed E-state index contributed by atoms with van der Waals surface area (Å²) in [6, 6.07) is 5.67. The Morgan fingerprint density at radius 1 is 1.50 bits per heavy atom. The maximum Gasteiger partial charge on any atom is 0.223 e. The van der Waals surface area contributed by atoms with Crippen molar-refractivity contribution in [3.8, 4) is 0 Å². The van der Waals surface area contributed by atoms with Gasteiger partial charge in [-0.25, -0.2) is 0 Å². The van der Waals surface area contributed by atoms with Crippen molar-refractivity contribution in [1.29, 1.82) is 0 Å². The van der Waals surface area contributed by atoms with E-state index in [-0.39, 0.29) is 11.8 Å². The van der Waals surface area contributed by atoms with Crippen LogP contribution in [-0.4, -0.2) is 22.6 Å². The molecule has 0 saturated carbocycles. The van der Waals surface area contributed by atoms with Crippen molar-refractivity contribution in [3.63, 3.8) is 0 Å². The maximum atomic E-state index is 11.7. The molecule has 94 valence electrons. The van der Waals surface area contributed by atoms with Gasteiger partial charge in [0.2, 0.25) is 5.91 Å². The quantitative estimate of drug-likeness (QED) is 0.851. The van der Waals surface area contributed by atoms with Gasteiger partial charge in [0.15, 0.2) is 0 Å². The van der Waals surface area contributed by atoms with E-state index in [1.165, 1.54) is 0 Å². The van der Waals surface area contributed by atoms with E-state index in [1.54, 1.807) is 12.4 Å². The van der Waals surface area contributed by atoms with Crippen molar-refractivity contribution in [1.82, 2.24) is 4.98 Å². The van der Waals surface area contributed by atoms with Gasteiger partial charge in [-0.15, -0.1) is 0 Å². The molecule has 18 heavy (non-hydrogen) atoms. The summed E-state index contributed by atoms with van der Waals surface area (Å²) in [5, 5.41) is 0. The fourth-order valence-electron chi connectivity index (χ4n) is 2.35. The normalized spacial score (nSPS) is 23.2. The summed E-state index contributed by atoms with van der Waals surface area (Å²) in [7, 11) is 0. The monoisotopic (exact) mass is 243 g/mol. The van der Waals surface area contributed by atoms with Gasteiger partial charge in [-0.2, -0.15) is 0 Å². The zero-order valence-electron chi connectivity index (χ0n) is 10.4. The molecule has 1 aromatic rings. The second-order valence-electron chi connectivity index (χ2n) is 4.46. The molecular weight excluding hydrogens is 226 g/mol. The minimum absolute atomic E-state index is 0.328. The zero-order chi connectivity index (χ0) is 13.0. The van der Waals surface area contributed by atoms with Crippen molar-refractivity contribution in [2.75, 3.05) is 0 Å². The van der Waals surface area contributed by atoms with E-state index in [1.807, 2.05) is 37.3 Å². The minimum Gasteiger partial charge on any atom is -0.369 e. The van der Waals surface area contributed by atoms with Gasteiger partial charge >= 0.3 is 0 Å². The first kappa shape index (κ1) is 12.5. The van der Waals surface area contributed by atoms with Gasteiger partial charge in [0.25, 0.3) is 0 Å². The standard InChI is InChI=1S/C14H17N3O/c1-2-14(7-5-9-17-14)12(13(15)18)10-11-6-3-4-8-16-11/h3-9,12H,2,10H2,1H3,(H2,15,18). The Bertz CT molecular complexity index is 467. The lowest BCUT2D eigenvalue weighted by atomic mass is 9.79. The van der Waals surface area contributed by atoms with Gasteiger partial charge in [0.05, 0.1) is 11.5 Å². The second-order valence-corrected chi connectivity index (χ2v) is 4.46. The summed E-state index contributed by atoms with van der Waals surface area (Å²) in [6.07, 6.45) is 8.56. The molecule has 0 aliphatic carbocycles. The molecule has 0 radical (unpaired) electrons. The Balaban J connectivity index is 2.27. The highest BCUT2D eigenvalue weighted by atomic mass is 16.1. The van der Waals surface area contributed by atoms with Gasteiger partial charge in [-0.05, 0) is 24.6 Å². The van der Waals surface area contributed by atoms with Gasteiger partial charge < -0.3 is 5.73 Å². The third kappa shape index (κ3) is 2.32. The van der Waals surface area contributed by atoms with Crippen LogP contribution in [0.25, 0.3) is 0 Å². The summed E-state index contributed by atoms with van der Waals surface area (Å²) in [6.45, 7) is 2.02. The largest absolute Gasteiger partial charge is 0.369 e. The highest BCUT2D eigenvalue weighted by molar-refractivity contribution is 5.82. The molecule has 2 N–H and O–H groups in total. The molecule has 0 fully saturated rings. The first-order chi connectivity index (χ1) is 8.68. The first-order valence-corrected chi connectivity index (χ1v) is 6.10. The van der Waals surface area contributed by atoms with E-state index in [0.717, 1.165) is 12.1 Å². The summed E-state index contributed by atoms with van der Waals surface area (Å²) >= 11 is 0. The SMILES string of the molecule is CCC1(C(Cc2ccccn2)C(N)=O)C=CC=N1. The Labute approximate surface area is 107 Å². The van der Waals surface area contributed by atoms with Crippen LogP contribution >= 0.6 is 0 Å². The van der Waals surface area contributed by atoms with E-state index in [2.05, 4.69) is 9.98 Å². The van der Waals surface area contributed by atoms with Crippen LogP contribution in [0.1, 0.15) is 19.0 Å². The van der Waals surface area contributed by atoms with Crippen LogP contribution < -0.4 is 5.73 Å². The number of carbonyl (C=O) groups excluding carboxylic acids is 1. The number of aromatic nitrogens is 1. The zero-order valence-corrected chi connectivity index (χ0v) is 10.4. The predicted octanol–water partition coefficient (Wildman–Crippen LogP) is 1.51. The highest BCUT2D eigenvalue weighted by Gasteiger charge is 2.39. The Kier molecular flexibility index (Phi) is 3.55. The smallest absolute Gasteiger partial charge is 0.223 e. The van der Waals surface area contributed by atoms with Crippen LogP contribution in [-0.2, 0) is 11.2 Å². The van der Waals surface area contributed by atoms with Crippen molar-refractivity contribution in [2.45, 2.75) is 25.3 Å². The second kappa shape index (κ2) is 5.12. The van der Waals surface area contributed by atoms with Gasteiger partial charge in [0, 0.05) is 24.5 Å². The van der Waals surface area contributed by atoms with Crippen molar-refractivity contribution in [2.24, 2.45) is 16.6 Å². The molecule has 1 amide bonds. The number of hydrogen-bond donors (Lipinski definition) is 1. The van der Waals surface area contributed by atoms with Crippen molar-refractivity contribution < 1.29 is 4.79 Å². The van der Waals surface area contributed by atoms with Crippen LogP contribution in [0.15, 0.2) is 41.5 Å². The van der Waals surface area contributed by atoms with Crippen LogP contribution in [0.2, 0.25) is 0 Å². The molecule has 0 bridgehead atoms. The van der Waals surface area contributed by atoms with Crippen molar-refractivity contribution in [3.05, 3.63) is 42.2 Å². The molecule has 2 atom stereocenters. The van der Waals surface area contributed by atoms with E-state index >= 15 is 0 Å². The summed E-state index contributed by atoms with van der Waals surface area (Å²) in [4.78, 5) is 20.4. The number of hydrogen-bond acceptors (Lipinski definition) is 3. The van der Waals surface area contributed by atoms with E-state index in [9.17, 15) is 4.79 Å². The Morgan fingerprint density at radius 2 is 2.33 bits per heavy atom. The van der Waals surface area contributed by atoms with Crippen molar-refractivity contribution >= 4 is 12.1 Å². The summed E-state index contributed by atoms with van der Waals surface area (Å²) < 4.78 is 0. The molecule has 0 saturated heterocycles. The number of primary amides is 1. The van der Waals surface area contributed by atoms with Crippen LogP contribution in [0.5, 0.6) is 0 Å². The van der Waals surface area contributed by atoms with E-state index in [4.69, 9.17) is 5.73 Å². The number of nitrogens with zero attached hydrogens (tertiary/aromatic N) is 2. The fraction of sp³-hybridized carbons (Fsp3) is 0.357. The molecule has 0 spiro atoms. The molecule has 1 aliphatic heterocycles. The van der Waals surface area contributed by atoms with Crippen LogP contribution in [0.3, 0.4) is 0 Å². The average Bonchev–Trinajstić information content (AvgIpc) is 2.86. The number of pyridine rings is 1.